The van der Waals surface area contributed by atoms with E-state index in [1.165, 1.54) is 5.57 Å². The van der Waals surface area contributed by atoms with Gasteiger partial charge in [0.1, 0.15) is 5.60 Å². The normalized spacial score (nSPS) is 13.1. The summed E-state index contributed by atoms with van der Waals surface area (Å²) in [5.74, 6) is 0. The number of hydrogen-bond acceptors (Lipinski definition) is 4. The van der Waals surface area contributed by atoms with Crippen LogP contribution in [0.4, 0.5) is 4.79 Å². The van der Waals surface area contributed by atoms with Crippen LogP contribution >= 0.6 is 0 Å². The minimum atomic E-state index is -0.465. The van der Waals surface area contributed by atoms with Crippen molar-refractivity contribution in [2.75, 3.05) is 20.1 Å². The first kappa shape index (κ1) is 18.4. The number of amides is 1. The number of alkyl carbamates (subject to hydrolysis) is 1. The summed E-state index contributed by atoms with van der Waals surface area (Å²) >= 11 is 0. The van der Waals surface area contributed by atoms with Crippen molar-refractivity contribution in [3.05, 3.63) is 23.5 Å². The summed E-state index contributed by atoms with van der Waals surface area (Å²) in [6.07, 6.45) is 4.34. The van der Waals surface area contributed by atoms with Gasteiger partial charge >= 0.3 is 6.09 Å². The second-order valence-electron chi connectivity index (χ2n) is 5.81. The molecule has 0 aliphatic rings. The van der Waals surface area contributed by atoms with Gasteiger partial charge in [-0.1, -0.05) is 12.5 Å². The van der Waals surface area contributed by atoms with Gasteiger partial charge < -0.3 is 20.7 Å². The zero-order valence-electron chi connectivity index (χ0n) is 13.6. The molecule has 20 heavy (non-hydrogen) atoms. The maximum Gasteiger partial charge on any atom is 0.407 e. The van der Waals surface area contributed by atoms with Gasteiger partial charge in [-0.05, 0) is 40.2 Å². The van der Waals surface area contributed by atoms with Crippen LogP contribution in [0.5, 0.6) is 0 Å². The number of hydrogen-bond donors (Lipinski definition) is 2. The molecule has 0 heterocycles. The highest BCUT2D eigenvalue weighted by atomic mass is 16.6. The maximum absolute atomic E-state index is 11.4. The van der Waals surface area contributed by atoms with Gasteiger partial charge in [-0.15, -0.1) is 0 Å². The highest BCUT2D eigenvalue weighted by molar-refractivity contribution is 5.67. The zero-order valence-corrected chi connectivity index (χ0v) is 13.6. The molecule has 0 saturated heterocycles. The number of carbonyl (C=O) groups excluding carboxylic acids is 1. The van der Waals surface area contributed by atoms with Gasteiger partial charge in [-0.3, -0.25) is 0 Å². The molecule has 5 heteroatoms. The Bertz CT molecular complexity index is 368. The number of likely N-dealkylation sites (N-methyl/N-ethyl adjacent to an activating group) is 1. The van der Waals surface area contributed by atoms with Crippen molar-refractivity contribution < 1.29 is 9.53 Å². The number of ether oxygens (including phenoxy) is 1. The summed E-state index contributed by atoms with van der Waals surface area (Å²) in [5.41, 5.74) is 7.39. The van der Waals surface area contributed by atoms with E-state index in [4.69, 9.17) is 10.5 Å². The zero-order chi connectivity index (χ0) is 15.8. The average molecular weight is 283 g/mol. The van der Waals surface area contributed by atoms with E-state index in [1.54, 1.807) is 0 Å². The average Bonchev–Trinajstić information content (AvgIpc) is 2.32. The molecular formula is C15H29N3O2. The molecule has 0 radical (unpaired) electrons. The third kappa shape index (κ3) is 9.30. The van der Waals surface area contributed by atoms with E-state index in [9.17, 15) is 4.79 Å². The molecule has 0 spiro atoms. The SMILES string of the molecule is CCC(C)=C(N)/C=C\N(C)CCNC(=O)OC(C)(C)C. The molecule has 0 unspecified atom stereocenters. The lowest BCUT2D eigenvalue weighted by Crippen LogP contribution is -2.36. The standard InChI is InChI=1S/C15H29N3O2/c1-7-12(2)13(16)8-10-18(6)11-9-17-14(19)20-15(3,4)5/h8,10H,7,9,11,16H2,1-6H3,(H,17,19)/b10-8-,13-12?. The minimum Gasteiger partial charge on any atom is -0.444 e. The number of nitrogens with one attached hydrogen (secondary N) is 1. The van der Waals surface area contributed by atoms with Crippen LogP contribution in [0.3, 0.4) is 0 Å². The van der Waals surface area contributed by atoms with Crippen LogP contribution in [0.1, 0.15) is 41.0 Å². The molecule has 0 saturated carbocycles. The Hall–Kier alpha value is -1.65. The smallest absolute Gasteiger partial charge is 0.407 e. The molecule has 3 N–H and O–H groups in total. The Morgan fingerprint density at radius 2 is 2.00 bits per heavy atom. The van der Waals surface area contributed by atoms with E-state index >= 15 is 0 Å². The molecule has 0 aromatic rings. The number of nitrogens with two attached hydrogens (primary N) is 1. The van der Waals surface area contributed by atoms with Crippen molar-refractivity contribution in [1.82, 2.24) is 10.2 Å². The molecule has 0 atom stereocenters. The molecule has 1 amide bonds. The van der Waals surface area contributed by atoms with Crippen LogP contribution in [0, 0.1) is 0 Å². The topological polar surface area (TPSA) is 67.6 Å². The molecule has 0 aromatic heterocycles. The highest BCUT2D eigenvalue weighted by Gasteiger charge is 2.15. The first-order valence-corrected chi connectivity index (χ1v) is 6.96. The van der Waals surface area contributed by atoms with E-state index in [-0.39, 0.29) is 0 Å². The maximum atomic E-state index is 11.4. The predicted molar refractivity (Wildman–Crippen MR) is 83.2 cm³/mol. The second-order valence-corrected chi connectivity index (χ2v) is 5.81. The number of nitrogens with zero attached hydrogens (tertiary/aromatic N) is 1. The fourth-order valence-corrected chi connectivity index (χ4v) is 1.28. The van der Waals surface area contributed by atoms with E-state index in [0.29, 0.717) is 13.1 Å². The Morgan fingerprint density at radius 1 is 1.40 bits per heavy atom. The van der Waals surface area contributed by atoms with E-state index in [0.717, 1.165) is 12.1 Å². The van der Waals surface area contributed by atoms with Crippen molar-refractivity contribution in [3.8, 4) is 0 Å². The Balaban J connectivity index is 4.04. The van der Waals surface area contributed by atoms with Gasteiger partial charge in [0.15, 0.2) is 0 Å². The quantitative estimate of drug-likeness (QED) is 0.735. The van der Waals surface area contributed by atoms with Crippen LogP contribution in [-0.4, -0.2) is 36.7 Å². The summed E-state index contributed by atoms with van der Waals surface area (Å²) in [6.45, 7) is 10.8. The van der Waals surface area contributed by atoms with Gasteiger partial charge in [0, 0.05) is 32.0 Å². The third-order valence-corrected chi connectivity index (χ3v) is 2.66. The lowest BCUT2D eigenvalue weighted by atomic mass is 10.2. The van der Waals surface area contributed by atoms with Crippen molar-refractivity contribution >= 4 is 6.09 Å². The van der Waals surface area contributed by atoms with Gasteiger partial charge in [0.2, 0.25) is 0 Å². The Kier molecular flexibility index (Phi) is 7.80. The second kappa shape index (κ2) is 8.51. The van der Waals surface area contributed by atoms with Gasteiger partial charge in [-0.2, -0.15) is 0 Å². The fourth-order valence-electron chi connectivity index (χ4n) is 1.28. The lowest BCUT2D eigenvalue weighted by molar-refractivity contribution is 0.0525. The van der Waals surface area contributed by atoms with Crippen LogP contribution in [0.15, 0.2) is 23.5 Å². The van der Waals surface area contributed by atoms with Gasteiger partial charge in [-0.25, -0.2) is 4.79 Å². The summed E-state index contributed by atoms with van der Waals surface area (Å²) in [7, 11) is 1.93. The monoisotopic (exact) mass is 283 g/mol. The molecular weight excluding hydrogens is 254 g/mol. The Morgan fingerprint density at radius 3 is 2.50 bits per heavy atom. The molecule has 116 valence electrons. The van der Waals surface area contributed by atoms with Gasteiger partial charge in [0.05, 0.1) is 0 Å². The number of allylic oxidation sites excluding steroid dienone is 2. The van der Waals surface area contributed by atoms with Crippen LogP contribution < -0.4 is 11.1 Å². The molecule has 0 rings (SSSR count). The third-order valence-electron chi connectivity index (χ3n) is 2.66. The van der Waals surface area contributed by atoms with Crippen molar-refractivity contribution in [1.29, 1.82) is 0 Å². The van der Waals surface area contributed by atoms with Crippen molar-refractivity contribution in [3.63, 3.8) is 0 Å². The molecule has 0 aliphatic carbocycles. The summed E-state index contributed by atoms with van der Waals surface area (Å²) in [6, 6.07) is 0. The molecule has 0 aliphatic heterocycles. The van der Waals surface area contributed by atoms with E-state index in [2.05, 4.69) is 12.2 Å². The van der Waals surface area contributed by atoms with E-state index < -0.39 is 11.7 Å². The van der Waals surface area contributed by atoms with Crippen LogP contribution in [0.25, 0.3) is 0 Å². The van der Waals surface area contributed by atoms with Crippen LogP contribution in [0.2, 0.25) is 0 Å². The van der Waals surface area contributed by atoms with Gasteiger partial charge in [0.25, 0.3) is 0 Å². The fraction of sp³-hybridized carbons (Fsp3) is 0.667. The van der Waals surface area contributed by atoms with Crippen molar-refractivity contribution in [2.24, 2.45) is 5.73 Å². The summed E-state index contributed by atoms with van der Waals surface area (Å²) in [4.78, 5) is 13.4. The summed E-state index contributed by atoms with van der Waals surface area (Å²) < 4.78 is 5.15. The molecule has 5 nitrogen and oxygen atoms in total. The largest absolute Gasteiger partial charge is 0.444 e. The molecule has 0 bridgehead atoms. The predicted octanol–water partition coefficient (Wildman–Crippen LogP) is 2.60. The first-order valence-electron chi connectivity index (χ1n) is 6.96. The number of rotatable bonds is 6. The summed E-state index contributed by atoms with van der Waals surface area (Å²) in [5, 5.41) is 2.71. The molecule has 0 aromatic carbocycles. The van der Waals surface area contributed by atoms with E-state index in [1.807, 2.05) is 51.9 Å². The number of carbonyl (C=O) groups is 1. The molecule has 0 fully saturated rings. The Labute approximate surface area is 122 Å². The first-order chi connectivity index (χ1) is 9.15. The lowest BCUT2D eigenvalue weighted by Gasteiger charge is -2.20. The minimum absolute atomic E-state index is 0.392. The van der Waals surface area contributed by atoms with Crippen molar-refractivity contribution in [2.45, 2.75) is 46.6 Å². The van der Waals surface area contributed by atoms with Crippen LogP contribution in [-0.2, 0) is 4.74 Å². The highest BCUT2D eigenvalue weighted by Crippen LogP contribution is 2.06.